The van der Waals surface area contributed by atoms with Gasteiger partial charge in [-0.05, 0) is 117 Å². The van der Waals surface area contributed by atoms with Crippen LogP contribution in [0.1, 0.15) is 87.8 Å². The molecular formula is C53H53NO. The molecule has 7 aromatic rings. The third-order valence-corrected chi connectivity index (χ3v) is 12.3. The van der Waals surface area contributed by atoms with E-state index >= 15 is 0 Å². The van der Waals surface area contributed by atoms with Crippen molar-refractivity contribution in [3.05, 3.63) is 156 Å². The first-order valence-electron chi connectivity index (χ1n) is 20.6. The molecule has 0 bridgehead atoms. The summed E-state index contributed by atoms with van der Waals surface area (Å²) in [6.07, 6.45) is 12.2. The van der Waals surface area contributed by atoms with Gasteiger partial charge in [0.2, 0.25) is 0 Å². The number of hydrogen-bond donors (Lipinski definition) is 0. The smallest absolute Gasteiger partial charge is 0.119 e. The van der Waals surface area contributed by atoms with E-state index in [0.717, 1.165) is 38.4 Å². The van der Waals surface area contributed by atoms with Gasteiger partial charge in [-0.15, -0.1) is 0 Å². The Bertz CT molecular complexity index is 2380. The van der Waals surface area contributed by atoms with E-state index in [9.17, 15) is 4.79 Å². The van der Waals surface area contributed by atoms with Gasteiger partial charge in [0.15, 0.2) is 0 Å². The number of anilines is 2. The van der Waals surface area contributed by atoms with Gasteiger partial charge in [0.25, 0.3) is 0 Å². The van der Waals surface area contributed by atoms with Crippen LogP contribution in [-0.2, 0) is 10.2 Å². The van der Waals surface area contributed by atoms with Crippen LogP contribution in [-0.4, -0.2) is 13.3 Å². The fourth-order valence-electron chi connectivity index (χ4n) is 9.47. The molecular weight excluding hydrogens is 667 g/mol. The van der Waals surface area contributed by atoms with E-state index in [2.05, 4.69) is 165 Å². The summed E-state index contributed by atoms with van der Waals surface area (Å²) < 4.78 is 0. The Balaban J connectivity index is 1.16. The molecule has 0 radical (unpaired) electrons. The average molecular weight is 720 g/mol. The highest BCUT2D eigenvalue weighted by atomic mass is 16.1. The summed E-state index contributed by atoms with van der Waals surface area (Å²) in [6.45, 7) is 4.45. The van der Waals surface area contributed by atoms with Gasteiger partial charge >= 0.3 is 0 Å². The number of rotatable bonds is 15. The van der Waals surface area contributed by atoms with Crippen molar-refractivity contribution in [3.63, 3.8) is 0 Å². The number of hydrogen-bond acceptors (Lipinski definition) is 2. The first-order chi connectivity index (χ1) is 27.0. The van der Waals surface area contributed by atoms with Crippen LogP contribution in [0.3, 0.4) is 0 Å². The predicted molar refractivity (Wildman–Crippen MR) is 236 cm³/mol. The van der Waals surface area contributed by atoms with Gasteiger partial charge in [-0.2, -0.15) is 0 Å². The quantitative estimate of drug-likeness (QED) is 0.0597. The van der Waals surface area contributed by atoms with Crippen LogP contribution in [0.15, 0.2) is 140 Å². The molecule has 2 heteroatoms. The molecule has 55 heavy (non-hydrogen) atoms. The number of benzene rings is 7. The summed E-state index contributed by atoms with van der Waals surface area (Å²) >= 11 is 0. The van der Waals surface area contributed by atoms with E-state index in [1.54, 1.807) is 0 Å². The van der Waals surface area contributed by atoms with Gasteiger partial charge in [0, 0.05) is 30.3 Å². The summed E-state index contributed by atoms with van der Waals surface area (Å²) in [6, 6.07) is 52.3. The Labute approximate surface area is 327 Å². The second-order valence-corrected chi connectivity index (χ2v) is 15.7. The van der Waals surface area contributed by atoms with E-state index < -0.39 is 0 Å². The first-order valence-corrected chi connectivity index (χ1v) is 20.6. The van der Waals surface area contributed by atoms with Crippen LogP contribution in [0.2, 0.25) is 0 Å². The van der Waals surface area contributed by atoms with Gasteiger partial charge < -0.3 is 9.69 Å². The standard InChI is InChI=1S/C53H53NO/c1-4-5-6-15-34-53(35-16-7-8-17-36-55)49-23-14-13-18-43(49)44-33-32-42(37-50(44)53)54(3)41-30-28-40(29-31-41)52-47-21-11-9-19-45(47)51(39-26-24-38(2)25-27-39)46-20-10-12-22-48(46)52/h9-14,18-33,36-37H,4-8,15-17,34-35H2,1-3H3. The number of carbonyl (C=O) groups excluding carboxylic acids is 1. The van der Waals surface area contributed by atoms with Crippen molar-refractivity contribution in [2.45, 2.75) is 83.5 Å². The van der Waals surface area contributed by atoms with E-state index in [-0.39, 0.29) is 5.41 Å². The molecule has 8 rings (SSSR count). The molecule has 0 spiro atoms. The van der Waals surface area contributed by atoms with Crippen LogP contribution < -0.4 is 4.90 Å². The first kappa shape index (κ1) is 36.5. The molecule has 0 amide bonds. The fraction of sp³-hybridized carbons (Fsp3) is 0.264. The zero-order valence-electron chi connectivity index (χ0n) is 32.8. The average Bonchev–Trinajstić information content (AvgIpc) is 3.50. The molecule has 0 heterocycles. The second kappa shape index (κ2) is 16.1. The van der Waals surface area contributed by atoms with Crippen molar-refractivity contribution in [1.82, 2.24) is 0 Å². The van der Waals surface area contributed by atoms with Crippen molar-refractivity contribution in [3.8, 4) is 33.4 Å². The molecule has 1 aliphatic carbocycles. The molecule has 2 nitrogen and oxygen atoms in total. The van der Waals surface area contributed by atoms with Crippen LogP contribution in [0.5, 0.6) is 0 Å². The summed E-state index contributed by atoms with van der Waals surface area (Å²) in [5.41, 5.74) is 14.5. The fourth-order valence-corrected chi connectivity index (χ4v) is 9.47. The maximum atomic E-state index is 11.1. The minimum atomic E-state index is -0.00555. The Morgan fingerprint density at radius 2 is 1.04 bits per heavy atom. The van der Waals surface area contributed by atoms with E-state index in [4.69, 9.17) is 0 Å². The van der Waals surface area contributed by atoms with E-state index in [0.29, 0.717) is 6.42 Å². The van der Waals surface area contributed by atoms with Crippen molar-refractivity contribution >= 4 is 39.2 Å². The summed E-state index contributed by atoms with van der Waals surface area (Å²) in [5.74, 6) is 0. The lowest BCUT2D eigenvalue weighted by molar-refractivity contribution is -0.107. The zero-order valence-corrected chi connectivity index (χ0v) is 32.8. The summed E-state index contributed by atoms with van der Waals surface area (Å²) in [4.78, 5) is 13.5. The molecule has 0 fully saturated rings. The highest BCUT2D eigenvalue weighted by Gasteiger charge is 2.42. The molecule has 0 N–H and O–H groups in total. The third kappa shape index (κ3) is 6.89. The number of unbranched alkanes of at least 4 members (excludes halogenated alkanes) is 6. The third-order valence-electron chi connectivity index (χ3n) is 12.3. The van der Waals surface area contributed by atoms with E-state index in [1.165, 1.54) is 109 Å². The summed E-state index contributed by atoms with van der Waals surface area (Å²) in [7, 11) is 2.21. The lowest BCUT2D eigenvalue weighted by Gasteiger charge is -2.33. The van der Waals surface area contributed by atoms with E-state index in [1.807, 2.05) is 0 Å². The van der Waals surface area contributed by atoms with Crippen molar-refractivity contribution in [1.29, 1.82) is 0 Å². The minimum absolute atomic E-state index is 0.00555. The van der Waals surface area contributed by atoms with Crippen molar-refractivity contribution in [2.75, 3.05) is 11.9 Å². The maximum absolute atomic E-state index is 11.1. The number of carbonyl (C=O) groups is 1. The van der Waals surface area contributed by atoms with Crippen LogP contribution in [0.4, 0.5) is 11.4 Å². The van der Waals surface area contributed by atoms with Crippen LogP contribution >= 0.6 is 0 Å². The topological polar surface area (TPSA) is 20.3 Å². The molecule has 0 saturated heterocycles. The molecule has 0 saturated carbocycles. The molecule has 7 aromatic carbocycles. The molecule has 1 unspecified atom stereocenters. The largest absolute Gasteiger partial charge is 0.345 e. The molecule has 0 aromatic heterocycles. The SMILES string of the molecule is CCCCCCC1(CCCCCC=O)c2ccccc2-c2ccc(N(C)c3ccc(-c4c5ccccc5c(-c5ccc(C)cc5)c5ccccc45)cc3)cc21. The second-order valence-electron chi connectivity index (χ2n) is 15.7. The monoisotopic (exact) mass is 719 g/mol. The van der Waals surface area contributed by atoms with Crippen molar-refractivity contribution in [2.24, 2.45) is 0 Å². The normalized spacial score (nSPS) is 14.6. The molecule has 1 atom stereocenters. The molecule has 276 valence electrons. The highest BCUT2D eigenvalue weighted by Crippen LogP contribution is 2.55. The highest BCUT2D eigenvalue weighted by molar-refractivity contribution is 6.21. The maximum Gasteiger partial charge on any atom is 0.119 e. The van der Waals surface area contributed by atoms with Gasteiger partial charge in [0.05, 0.1) is 0 Å². The van der Waals surface area contributed by atoms with Gasteiger partial charge in [0.1, 0.15) is 6.29 Å². The van der Waals surface area contributed by atoms with Gasteiger partial charge in [-0.25, -0.2) is 0 Å². The number of fused-ring (bicyclic) bond motifs is 5. The van der Waals surface area contributed by atoms with Crippen LogP contribution in [0.25, 0.3) is 54.9 Å². The predicted octanol–water partition coefficient (Wildman–Crippen LogP) is 14.8. The molecule has 1 aliphatic rings. The minimum Gasteiger partial charge on any atom is -0.345 e. The van der Waals surface area contributed by atoms with Gasteiger partial charge in [-0.1, -0.05) is 166 Å². The van der Waals surface area contributed by atoms with Crippen LogP contribution in [0, 0.1) is 6.92 Å². The Morgan fingerprint density at radius 1 is 0.527 bits per heavy atom. The summed E-state index contributed by atoms with van der Waals surface area (Å²) in [5, 5.41) is 5.11. The molecule has 0 aliphatic heterocycles. The Hall–Kier alpha value is -5.47. The van der Waals surface area contributed by atoms with Gasteiger partial charge in [-0.3, -0.25) is 0 Å². The number of aldehydes is 1. The zero-order chi connectivity index (χ0) is 37.8. The lowest BCUT2D eigenvalue weighted by Crippen LogP contribution is -2.26. The Morgan fingerprint density at radius 3 is 1.62 bits per heavy atom. The van der Waals surface area contributed by atoms with Crippen molar-refractivity contribution < 1.29 is 4.79 Å². The number of nitrogens with zero attached hydrogens (tertiary/aromatic N) is 1. The number of aryl methyl sites for hydroxylation is 1. The Kier molecular flexibility index (Phi) is 10.7. The lowest BCUT2D eigenvalue weighted by atomic mass is 9.70.